The van der Waals surface area contributed by atoms with Gasteiger partial charge >= 0.3 is 0 Å². The van der Waals surface area contributed by atoms with Crippen molar-refractivity contribution in [3.05, 3.63) is 59.8 Å². The van der Waals surface area contributed by atoms with Gasteiger partial charge in [0.15, 0.2) is 0 Å². The highest BCUT2D eigenvalue weighted by Crippen LogP contribution is 2.18. The number of aromatic nitrogens is 1. The molecule has 0 bridgehead atoms. The predicted octanol–water partition coefficient (Wildman–Crippen LogP) is 3.28. The molecule has 1 aliphatic heterocycles. The van der Waals surface area contributed by atoms with E-state index in [2.05, 4.69) is 51.2 Å². The van der Waals surface area contributed by atoms with E-state index in [-0.39, 0.29) is 0 Å². The molecule has 0 aliphatic carbocycles. The summed E-state index contributed by atoms with van der Waals surface area (Å²) >= 11 is 0. The molecule has 4 heteroatoms. The molecular weight excluding hydrogens is 310 g/mol. The first-order valence-corrected chi connectivity index (χ1v) is 9.38. The molecule has 0 amide bonds. The van der Waals surface area contributed by atoms with Gasteiger partial charge in [-0.25, -0.2) is 4.98 Å². The summed E-state index contributed by atoms with van der Waals surface area (Å²) in [6.07, 6.45) is 3.01. The maximum Gasteiger partial charge on any atom is 0.128 e. The van der Waals surface area contributed by atoms with Crippen LogP contribution in [0.5, 0.6) is 0 Å². The van der Waals surface area contributed by atoms with Crippen LogP contribution in [-0.2, 0) is 6.42 Å². The Labute approximate surface area is 151 Å². The summed E-state index contributed by atoms with van der Waals surface area (Å²) in [6.45, 7) is 7.19. The minimum atomic E-state index is -0.513. The summed E-state index contributed by atoms with van der Waals surface area (Å²) in [5.74, 6) is 0.990. The molecular formula is C21H29N3O. The Kier molecular flexibility index (Phi) is 6.42. The second-order valence-electron chi connectivity index (χ2n) is 6.87. The van der Waals surface area contributed by atoms with Gasteiger partial charge in [0.1, 0.15) is 5.82 Å². The van der Waals surface area contributed by atoms with Gasteiger partial charge in [0, 0.05) is 19.6 Å². The first kappa shape index (κ1) is 17.9. The van der Waals surface area contributed by atoms with Crippen LogP contribution < -0.4 is 4.90 Å². The van der Waals surface area contributed by atoms with E-state index < -0.39 is 6.10 Å². The van der Waals surface area contributed by atoms with Crippen LogP contribution in [0.1, 0.15) is 37.1 Å². The number of hydrogen-bond donors (Lipinski definition) is 1. The van der Waals surface area contributed by atoms with Gasteiger partial charge in [0.05, 0.1) is 11.8 Å². The van der Waals surface area contributed by atoms with Gasteiger partial charge in [0.25, 0.3) is 0 Å². The van der Waals surface area contributed by atoms with Gasteiger partial charge < -0.3 is 14.9 Å². The van der Waals surface area contributed by atoms with Crippen LogP contribution in [0.15, 0.2) is 48.5 Å². The van der Waals surface area contributed by atoms with Gasteiger partial charge in [-0.15, -0.1) is 0 Å². The Morgan fingerprint density at radius 2 is 1.84 bits per heavy atom. The summed E-state index contributed by atoms with van der Waals surface area (Å²) in [4.78, 5) is 9.54. The zero-order valence-corrected chi connectivity index (χ0v) is 15.1. The third-order valence-electron chi connectivity index (χ3n) is 4.88. The molecule has 0 spiro atoms. The first-order chi connectivity index (χ1) is 12.2. The van der Waals surface area contributed by atoms with Crippen molar-refractivity contribution >= 4 is 5.82 Å². The number of nitrogens with zero attached hydrogens (tertiary/aromatic N) is 3. The fourth-order valence-electron chi connectivity index (χ4n) is 3.42. The molecule has 0 unspecified atom stereocenters. The standard InChI is InChI=1S/C21H29N3O/c1-18(25)20-11-5-12-21(22-20)24-15-7-14-23(16-17-24)13-6-10-19-8-3-2-4-9-19/h2-5,8-9,11-12,18,25H,6-7,10,13-17H2,1H3/t18-/m1/s1. The van der Waals surface area contributed by atoms with Crippen molar-refractivity contribution in [3.8, 4) is 0 Å². The lowest BCUT2D eigenvalue weighted by Gasteiger charge is -2.23. The molecule has 0 radical (unpaired) electrons. The molecule has 2 heterocycles. The zero-order valence-electron chi connectivity index (χ0n) is 15.1. The number of aryl methyl sites for hydroxylation is 1. The summed E-state index contributed by atoms with van der Waals surface area (Å²) in [6, 6.07) is 16.7. The average molecular weight is 339 g/mol. The van der Waals surface area contributed by atoms with Crippen molar-refractivity contribution < 1.29 is 5.11 Å². The predicted molar refractivity (Wildman–Crippen MR) is 103 cm³/mol. The van der Waals surface area contributed by atoms with Crippen molar-refractivity contribution in [1.82, 2.24) is 9.88 Å². The molecule has 1 N–H and O–H groups in total. The number of aliphatic hydroxyl groups excluding tert-OH is 1. The molecule has 1 aromatic heterocycles. The van der Waals surface area contributed by atoms with E-state index in [1.165, 1.54) is 12.0 Å². The Morgan fingerprint density at radius 3 is 2.64 bits per heavy atom. The Balaban J connectivity index is 1.49. The Morgan fingerprint density at radius 1 is 1.00 bits per heavy atom. The van der Waals surface area contributed by atoms with Crippen LogP contribution in [-0.4, -0.2) is 47.7 Å². The molecule has 4 nitrogen and oxygen atoms in total. The normalized spacial score (nSPS) is 17.3. The molecule has 1 saturated heterocycles. The monoisotopic (exact) mass is 339 g/mol. The van der Waals surface area contributed by atoms with Crippen molar-refractivity contribution in [2.24, 2.45) is 0 Å². The number of rotatable bonds is 6. The van der Waals surface area contributed by atoms with Crippen molar-refractivity contribution in [2.45, 2.75) is 32.3 Å². The van der Waals surface area contributed by atoms with Crippen LogP contribution >= 0.6 is 0 Å². The van der Waals surface area contributed by atoms with Crippen molar-refractivity contribution in [2.75, 3.05) is 37.6 Å². The van der Waals surface area contributed by atoms with E-state index in [4.69, 9.17) is 0 Å². The van der Waals surface area contributed by atoms with Gasteiger partial charge in [-0.3, -0.25) is 0 Å². The van der Waals surface area contributed by atoms with E-state index >= 15 is 0 Å². The number of aliphatic hydroxyl groups is 1. The fourth-order valence-corrected chi connectivity index (χ4v) is 3.42. The van der Waals surface area contributed by atoms with Gasteiger partial charge in [0.2, 0.25) is 0 Å². The van der Waals surface area contributed by atoms with Gasteiger partial charge in [-0.05, 0) is 57.0 Å². The summed E-state index contributed by atoms with van der Waals surface area (Å²) in [5.41, 5.74) is 2.18. The van der Waals surface area contributed by atoms with E-state index in [9.17, 15) is 5.11 Å². The second-order valence-corrected chi connectivity index (χ2v) is 6.87. The third kappa shape index (κ3) is 5.28. The van der Waals surface area contributed by atoms with Crippen LogP contribution in [0, 0.1) is 0 Å². The number of anilines is 1. The third-order valence-corrected chi connectivity index (χ3v) is 4.88. The summed E-state index contributed by atoms with van der Waals surface area (Å²) in [5, 5.41) is 9.75. The van der Waals surface area contributed by atoms with Crippen LogP contribution in [0.2, 0.25) is 0 Å². The van der Waals surface area contributed by atoms with Crippen LogP contribution in [0.3, 0.4) is 0 Å². The summed E-state index contributed by atoms with van der Waals surface area (Å²) in [7, 11) is 0. The highest BCUT2D eigenvalue weighted by Gasteiger charge is 2.16. The topological polar surface area (TPSA) is 39.6 Å². The van der Waals surface area contributed by atoms with E-state index in [1.54, 1.807) is 6.92 Å². The summed E-state index contributed by atoms with van der Waals surface area (Å²) < 4.78 is 0. The number of benzene rings is 1. The lowest BCUT2D eigenvalue weighted by atomic mass is 10.1. The molecule has 2 aromatic rings. The smallest absolute Gasteiger partial charge is 0.128 e. The molecule has 1 aromatic carbocycles. The minimum Gasteiger partial charge on any atom is -0.387 e. The molecule has 25 heavy (non-hydrogen) atoms. The highest BCUT2D eigenvalue weighted by molar-refractivity contribution is 5.39. The maximum absolute atomic E-state index is 9.75. The van der Waals surface area contributed by atoms with Gasteiger partial charge in [-0.1, -0.05) is 36.4 Å². The maximum atomic E-state index is 9.75. The van der Waals surface area contributed by atoms with Gasteiger partial charge in [-0.2, -0.15) is 0 Å². The SMILES string of the molecule is C[C@@H](O)c1cccc(N2CCCN(CCCc3ccccc3)CC2)n1. The number of pyridine rings is 1. The zero-order chi connectivity index (χ0) is 17.5. The first-order valence-electron chi connectivity index (χ1n) is 9.38. The minimum absolute atomic E-state index is 0.513. The molecule has 0 saturated carbocycles. The quantitative estimate of drug-likeness (QED) is 0.877. The highest BCUT2D eigenvalue weighted by atomic mass is 16.3. The van der Waals surface area contributed by atoms with E-state index in [0.29, 0.717) is 0 Å². The molecule has 3 rings (SSSR count). The van der Waals surface area contributed by atoms with Crippen LogP contribution in [0.25, 0.3) is 0 Å². The second kappa shape index (κ2) is 8.97. The van der Waals surface area contributed by atoms with Crippen molar-refractivity contribution in [3.63, 3.8) is 0 Å². The van der Waals surface area contributed by atoms with E-state index in [0.717, 1.165) is 57.1 Å². The van der Waals surface area contributed by atoms with Crippen LogP contribution in [0.4, 0.5) is 5.82 Å². The number of hydrogen-bond acceptors (Lipinski definition) is 4. The largest absolute Gasteiger partial charge is 0.387 e. The lowest BCUT2D eigenvalue weighted by Crippen LogP contribution is -2.32. The van der Waals surface area contributed by atoms with Crippen molar-refractivity contribution in [1.29, 1.82) is 0 Å². The Hall–Kier alpha value is -1.91. The fraction of sp³-hybridized carbons (Fsp3) is 0.476. The molecule has 134 valence electrons. The Bertz CT molecular complexity index is 645. The molecule has 1 atom stereocenters. The molecule has 1 aliphatic rings. The lowest BCUT2D eigenvalue weighted by molar-refractivity contribution is 0.194. The average Bonchev–Trinajstić information content (AvgIpc) is 2.88. The van der Waals surface area contributed by atoms with E-state index in [1.807, 2.05) is 12.1 Å². The molecule has 1 fully saturated rings.